The second kappa shape index (κ2) is 8.18. The van der Waals surface area contributed by atoms with Crippen LogP contribution >= 0.6 is 0 Å². The van der Waals surface area contributed by atoms with Crippen LogP contribution in [0.15, 0.2) is 18.2 Å². The van der Waals surface area contributed by atoms with E-state index in [0.717, 1.165) is 55.2 Å². The van der Waals surface area contributed by atoms with E-state index in [0.29, 0.717) is 35.2 Å². The molecule has 2 aliphatic heterocycles. The molecule has 2 aromatic rings. The lowest BCUT2D eigenvalue weighted by molar-refractivity contribution is -0.110. The van der Waals surface area contributed by atoms with Crippen LogP contribution in [0.2, 0.25) is 0 Å². The fourth-order valence-electron chi connectivity index (χ4n) is 5.18. The van der Waals surface area contributed by atoms with Crippen LogP contribution in [0.25, 0.3) is 11.1 Å². The summed E-state index contributed by atoms with van der Waals surface area (Å²) in [4.78, 5) is 31.6. The van der Waals surface area contributed by atoms with Crippen molar-refractivity contribution >= 4 is 28.6 Å². The van der Waals surface area contributed by atoms with Gasteiger partial charge in [0.25, 0.3) is 11.8 Å². The molecular formula is C24H28FN5O2. The summed E-state index contributed by atoms with van der Waals surface area (Å²) in [5, 5.41) is 9.32. The number of anilines is 1. The van der Waals surface area contributed by atoms with Crippen LogP contribution < -0.4 is 16.0 Å². The first-order valence-corrected chi connectivity index (χ1v) is 11.2. The second-order valence-electron chi connectivity index (χ2n) is 8.90. The summed E-state index contributed by atoms with van der Waals surface area (Å²) in [6.45, 7) is 8.66. The van der Waals surface area contributed by atoms with Crippen LogP contribution in [0.3, 0.4) is 0 Å². The van der Waals surface area contributed by atoms with Crippen LogP contribution in [-0.4, -0.2) is 60.5 Å². The van der Waals surface area contributed by atoms with Gasteiger partial charge in [-0.05, 0) is 56.0 Å². The standard InChI is InChI=1S/C24H28FN5O2/c1-13(12-30-9-7-26-8-10-30)27-23(31)20-14(2)28-22-16(20)4-5-17(22)21-18-11-15(25)3-6-19(18)29-24(21)32/h3,6,11,13,26,28H,4-5,7-10,12H2,1-2H3,(H,27,31)(H,29,32)/b21-17-/t13-/m1/s1. The van der Waals surface area contributed by atoms with Crippen LogP contribution in [0, 0.1) is 12.7 Å². The Kier molecular flexibility index (Phi) is 5.35. The number of rotatable bonds is 4. The summed E-state index contributed by atoms with van der Waals surface area (Å²) in [7, 11) is 0. The summed E-state index contributed by atoms with van der Waals surface area (Å²) in [6, 6.07) is 4.36. The van der Waals surface area contributed by atoms with Crippen molar-refractivity contribution in [2.45, 2.75) is 32.7 Å². The molecule has 1 atom stereocenters. The number of aromatic nitrogens is 1. The molecular weight excluding hydrogens is 409 g/mol. The van der Waals surface area contributed by atoms with Crippen molar-refractivity contribution < 1.29 is 14.0 Å². The fourth-order valence-corrected chi connectivity index (χ4v) is 5.18. The number of allylic oxidation sites excluding steroid dienone is 1. The summed E-state index contributed by atoms with van der Waals surface area (Å²) in [6.07, 6.45) is 1.31. The van der Waals surface area contributed by atoms with E-state index in [1.165, 1.54) is 12.1 Å². The minimum Gasteiger partial charge on any atom is -0.358 e. The molecule has 7 nitrogen and oxygen atoms in total. The topological polar surface area (TPSA) is 89.3 Å². The van der Waals surface area contributed by atoms with Crippen molar-refractivity contribution in [3.63, 3.8) is 0 Å². The SMILES string of the molecule is Cc1[nH]c2c(c1C(=O)N[C@H](C)CN1CCNCC1)CC/C2=C1/C(=O)Nc2ccc(F)cc21. The van der Waals surface area contributed by atoms with Crippen molar-refractivity contribution in [1.29, 1.82) is 0 Å². The maximum absolute atomic E-state index is 13.9. The van der Waals surface area contributed by atoms with E-state index in [2.05, 4.69) is 25.8 Å². The number of fused-ring (bicyclic) bond motifs is 2. The van der Waals surface area contributed by atoms with E-state index in [-0.39, 0.29) is 23.7 Å². The van der Waals surface area contributed by atoms with E-state index in [1.54, 1.807) is 6.07 Å². The predicted molar refractivity (Wildman–Crippen MR) is 122 cm³/mol. The lowest BCUT2D eigenvalue weighted by Gasteiger charge is -2.29. The summed E-state index contributed by atoms with van der Waals surface area (Å²) in [5.41, 5.74) is 5.77. The van der Waals surface area contributed by atoms with Crippen molar-refractivity contribution in [3.05, 3.63) is 52.1 Å². The number of nitrogens with one attached hydrogen (secondary N) is 4. The highest BCUT2D eigenvalue weighted by atomic mass is 19.1. The molecule has 0 spiro atoms. The molecule has 8 heteroatoms. The molecule has 0 saturated carbocycles. The molecule has 1 fully saturated rings. The van der Waals surface area contributed by atoms with Crippen LogP contribution in [-0.2, 0) is 11.2 Å². The van der Waals surface area contributed by atoms with Gasteiger partial charge < -0.3 is 20.9 Å². The maximum Gasteiger partial charge on any atom is 0.256 e. The van der Waals surface area contributed by atoms with Gasteiger partial charge in [0.15, 0.2) is 0 Å². The van der Waals surface area contributed by atoms with Gasteiger partial charge in [0.2, 0.25) is 0 Å². The zero-order valence-corrected chi connectivity index (χ0v) is 18.4. The quantitative estimate of drug-likeness (QED) is 0.553. The van der Waals surface area contributed by atoms with Gasteiger partial charge >= 0.3 is 0 Å². The van der Waals surface area contributed by atoms with Crippen molar-refractivity contribution in [2.24, 2.45) is 0 Å². The number of aryl methyl sites for hydroxylation is 1. The minimum absolute atomic E-state index is 0.0280. The summed E-state index contributed by atoms with van der Waals surface area (Å²) >= 11 is 0. The lowest BCUT2D eigenvalue weighted by atomic mass is 9.99. The highest BCUT2D eigenvalue weighted by molar-refractivity contribution is 6.37. The summed E-state index contributed by atoms with van der Waals surface area (Å²) < 4.78 is 13.9. The van der Waals surface area contributed by atoms with E-state index in [1.807, 2.05) is 13.8 Å². The molecule has 32 heavy (non-hydrogen) atoms. The Morgan fingerprint density at radius 1 is 1.25 bits per heavy atom. The monoisotopic (exact) mass is 437 g/mol. The van der Waals surface area contributed by atoms with Crippen molar-refractivity contribution in [1.82, 2.24) is 20.5 Å². The number of halogens is 1. The average Bonchev–Trinajstić information content (AvgIpc) is 3.38. The largest absolute Gasteiger partial charge is 0.358 e. The normalized spacial score (nSPS) is 21.3. The number of hydrogen-bond donors (Lipinski definition) is 4. The Labute approximate surface area is 186 Å². The van der Waals surface area contributed by atoms with Gasteiger partial charge in [0.05, 0.1) is 11.1 Å². The van der Waals surface area contributed by atoms with Gasteiger partial charge in [-0.15, -0.1) is 0 Å². The molecule has 4 N–H and O–H groups in total. The third kappa shape index (κ3) is 3.63. The number of carbonyl (C=O) groups is 2. The molecule has 0 bridgehead atoms. The lowest BCUT2D eigenvalue weighted by Crippen LogP contribution is -2.49. The van der Waals surface area contributed by atoms with Gasteiger partial charge in [-0.3, -0.25) is 14.5 Å². The first kappa shape index (κ1) is 20.9. The average molecular weight is 438 g/mol. The number of amides is 2. The van der Waals surface area contributed by atoms with Gasteiger partial charge in [-0.2, -0.15) is 0 Å². The molecule has 2 amide bonds. The van der Waals surface area contributed by atoms with Gasteiger partial charge in [0, 0.05) is 61.4 Å². The molecule has 1 aromatic carbocycles. The molecule has 3 heterocycles. The number of nitrogens with zero attached hydrogens (tertiary/aromatic N) is 1. The van der Waals surface area contributed by atoms with E-state index in [4.69, 9.17) is 0 Å². The Bertz CT molecular complexity index is 1130. The first-order chi connectivity index (χ1) is 15.4. The number of H-pyrrole nitrogens is 1. The van der Waals surface area contributed by atoms with E-state index in [9.17, 15) is 14.0 Å². The van der Waals surface area contributed by atoms with E-state index >= 15 is 0 Å². The smallest absolute Gasteiger partial charge is 0.256 e. The molecule has 0 unspecified atom stereocenters. The molecule has 1 aromatic heterocycles. The molecule has 3 aliphatic rings. The number of hydrogen-bond acceptors (Lipinski definition) is 4. The van der Waals surface area contributed by atoms with Gasteiger partial charge in [-0.1, -0.05) is 0 Å². The number of benzene rings is 1. The minimum atomic E-state index is -0.377. The molecule has 0 radical (unpaired) electrons. The van der Waals surface area contributed by atoms with Crippen LogP contribution in [0.1, 0.15) is 46.2 Å². The second-order valence-corrected chi connectivity index (χ2v) is 8.90. The van der Waals surface area contributed by atoms with Gasteiger partial charge in [0.1, 0.15) is 5.82 Å². The Morgan fingerprint density at radius 2 is 2.03 bits per heavy atom. The predicted octanol–water partition coefficient (Wildman–Crippen LogP) is 2.29. The summed E-state index contributed by atoms with van der Waals surface area (Å²) in [5.74, 6) is -0.690. The molecule has 1 aliphatic carbocycles. The zero-order valence-electron chi connectivity index (χ0n) is 18.4. The number of aromatic amines is 1. The molecule has 168 valence electrons. The number of piperazine rings is 1. The van der Waals surface area contributed by atoms with E-state index < -0.39 is 0 Å². The van der Waals surface area contributed by atoms with Gasteiger partial charge in [-0.25, -0.2) is 4.39 Å². The molecule has 1 saturated heterocycles. The highest BCUT2D eigenvalue weighted by Gasteiger charge is 2.34. The van der Waals surface area contributed by atoms with Crippen molar-refractivity contribution in [3.8, 4) is 0 Å². The number of carbonyl (C=O) groups excluding carboxylic acids is 2. The van der Waals surface area contributed by atoms with Crippen LogP contribution in [0.5, 0.6) is 0 Å². The van der Waals surface area contributed by atoms with Crippen LogP contribution in [0.4, 0.5) is 10.1 Å². The Hall–Kier alpha value is -2.97. The highest BCUT2D eigenvalue weighted by Crippen LogP contribution is 2.44. The first-order valence-electron chi connectivity index (χ1n) is 11.2. The Morgan fingerprint density at radius 3 is 2.81 bits per heavy atom. The third-order valence-corrected chi connectivity index (χ3v) is 6.59. The fraction of sp³-hybridized carbons (Fsp3) is 0.417. The maximum atomic E-state index is 13.9. The third-order valence-electron chi connectivity index (χ3n) is 6.59. The molecule has 5 rings (SSSR count). The zero-order chi connectivity index (χ0) is 22.4. The Balaban J connectivity index is 1.42. The van der Waals surface area contributed by atoms with Crippen molar-refractivity contribution in [2.75, 3.05) is 38.0 Å².